The minimum Gasteiger partial charge on any atom is -0.510 e. The minimum atomic E-state index is -0.212. The quantitative estimate of drug-likeness (QED) is 0.802. The number of allylic oxidation sites excluding steroid dienone is 2. The summed E-state index contributed by atoms with van der Waals surface area (Å²) in [5.41, 5.74) is 0.502. The molecule has 1 aromatic carbocycles. The Kier molecular flexibility index (Phi) is 3.85. The maximum Gasteiger partial charge on any atom is 0.187 e. The first-order valence-corrected chi connectivity index (χ1v) is 6.79. The van der Waals surface area contributed by atoms with E-state index in [9.17, 15) is 9.90 Å². The summed E-state index contributed by atoms with van der Waals surface area (Å²) in [5, 5.41) is 17.8. The van der Waals surface area contributed by atoms with E-state index in [2.05, 4.69) is 26.2 Å². The van der Waals surface area contributed by atoms with Crippen molar-refractivity contribution in [3.63, 3.8) is 0 Å². The van der Waals surface area contributed by atoms with Gasteiger partial charge in [-0.2, -0.15) is 5.11 Å². The molecule has 0 radical (unpaired) electrons. The molecule has 5 heteroatoms. The lowest BCUT2D eigenvalue weighted by Crippen LogP contribution is -2.25. The fourth-order valence-corrected chi connectivity index (χ4v) is 2.43. The van der Waals surface area contributed by atoms with E-state index in [1.54, 1.807) is 12.1 Å². The monoisotopic (exact) mass is 322 g/mol. The van der Waals surface area contributed by atoms with E-state index in [0.29, 0.717) is 18.5 Å². The second kappa shape index (κ2) is 5.25. The number of carbonyl (C=O) groups is 1. The van der Waals surface area contributed by atoms with E-state index in [4.69, 9.17) is 0 Å². The number of halogens is 1. The van der Waals surface area contributed by atoms with Gasteiger partial charge in [-0.05, 0) is 23.6 Å². The number of carbonyl (C=O) groups excluding carboxylic acids is 1. The Morgan fingerprint density at radius 3 is 2.63 bits per heavy atom. The number of rotatable bonds is 2. The van der Waals surface area contributed by atoms with Crippen LogP contribution in [0.5, 0.6) is 0 Å². The highest BCUT2D eigenvalue weighted by Crippen LogP contribution is 2.36. The number of hydrogen-bond acceptors (Lipinski definition) is 4. The zero-order chi connectivity index (χ0) is 14.0. The van der Waals surface area contributed by atoms with Crippen LogP contribution in [0, 0.1) is 5.41 Å². The summed E-state index contributed by atoms with van der Waals surface area (Å²) in [6.07, 6.45) is 0.829. The van der Waals surface area contributed by atoms with Crippen molar-refractivity contribution in [3.05, 3.63) is 40.2 Å². The molecule has 0 saturated heterocycles. The molecule has 0 saturated carbocycles. The first-order chi connectivity index (χ1) is 8.87. The number of hydrogen-bond donors (Lipinski definition) is 1. The standard InChI is InChI=1S/C14H15BrN2O2/c1-14(2)7-11(18)13(12(19)8-14)17-16-10-5-3-4-9(15)6-10/h3-6,18H,7-8H2,1-2H3. The fraction of sp³-hybridized carbons (Fsp3) is 0.357. The normalized spacial score (nSPS) is 19.2. The van der Waals surface area contributed by atoms with E-state index < -0.39 is 0 Å². The SMILES string of the molecule is CC1(C)CC(=O)C(N=Nc2cccc(Br)c2)=C(O)C1. The van der Waals surface area contributed by atoms with Crippen molar-refractivity contribution in [3.8, 4) is 0 Å². The molecule has 19 heavy (non-hydrogen) atoms. The molecule has 1 aliphatic carbocycles. The van der Waals surface area contributed by atoms with Gasteiger partial charge in [0, 0.05) is 17.3 Å². The summed E-state index contributed by atoms with van der Waals surface area (Å²) in [5.74, 6) is -0.132. The molecule has 100 valence electrons. The average molecular weight is 323 g/mol. The van der Waals surface area contributed by atoms with Gasteiger partial charge in [0.2, 0.25) is 0 Å². The van der Waals surface area contributed by atoms with Crippen molar-refractivity contribution in [1.29, 1.82) is 0 Å². The highest BCUT2D eigenvalue weighted by atomic mass is 79.9. The molecule has 4 nitrogen and oxygen atoms in total. The van der Waals surface area contributed by atoms with Crippen LogP contribution in [0.1, 0.15) is 26.7 Å². The van der Waals surface area contributed by atoms with Gasteiger partial charge in [-0.1, -0.05) is 35.8 Å². The van der Waals surface area contributed by atoms with Crippen LogP contribution in [-0.4, -0.2) is 10.9 Å². The van der Waals surface area contributed by atoms with Gasteiger partial charge in [-0.15, -0.1) is 5.11 Å². The van der Waals surface area contributed by atoms with Gasteiger partial charge in [0.15, 0.2) is 11.5 Å². The van der Waals surface area contributed by atoms with Crippen LogP contribution < -0.4 is 0 Å². The fourth-order valence-electron chi connectivity index (χ4n) is 2.04. The topological polar surface area (TPSA) is 62.0 Å². The lowest BCUT2D eigenvalue weighted by atomic mass is 9.78. The molecule has 1 N–H and O–H groups in total. The van der Waals surface area contributed by atoms with Crippen LogP contribution in [-0.2, 0) is 4.79 Å². The van der Waals surface area contributed by atoms with E-state index >= 15 is 0 Å². The predicted molar refractivity (Wildman–Crippen MR) is 76.3 cm³/mol. The maximum absolute atomic E-state index is 11.9. The molecule has 0 spiro atoms. The summed E-state index contributed by atoms with van der Waals surface area (Å²) in [4.78, 5) is 11.9. The number of nitrogens with zero attached hydrogens (tertiary/aromatic N) is 2. The summed E-state index contributed by atoms with van der Waals surface area (Å²) < 4.78 is 0.887. The molecule has 0 heterocycles. The second-order valence-electron chi connectivity index (χ2n) is 5.42. The molecule has 0 unspecified atom stereocenters. The van der Waals surface area contributed by atoms with Crippen LogP contribution in [0.15, 0.2) is 50.4 Å². The number of azo groups is 1. The van der Waals surface area contributed by atoms with Gasteiger partial charge in [0.1, 0.15) is 5.76 Å². The highest BCUT2D eigenvalue weighted by molar-refractivity contribution is 9.10. The van der Waals surface area contributed by atoms with Crippen molar-refractivity contribution in [2.45, 2.75) is 26.7 Å². The van der Waals surface area contributed by atoms with Crippen LogP contribution >= 0.6 is 15.9 Å². The Hall–Kier alpha value is -1.49. The van der Waals surface area contributed by atoms with Crippen molar-refractivity contribution in [1.82, 2.24) is 0 Å². The predicted octanol–water partition coefficient (Wildman–Crippen LogP) is 4.69. The van der Waals surface area contributed by atoms with E-state index in [-0.39, 0.29) is 22.7 Å². The molecule has 0 aromatic heterocycles. The largest absolute Gasteiger partial charge is 0.510 e. The molecule has 0 amide bonds. The van der Waals surface area contributed by atoms with Crippen molar-refractivity contribution < 1.29 is 9.90 Å². The molecular formula is C14H15BrN2O2. The number of aliphatic hydroxyl groups is 1. The van der Waals surface area contributed by atoms with Crippen LogP contribution in [0.25, 0.3) is 0 Å². The third-order valence-corrected chi connectivity index (χ3v) is 3.39. The van der Waals surface area contributed by atoms with Gasteiger partial charge >= 0.3 is 0 Å². The lowest BCUT2D eigenvalue weighted by molar-refractivity contribution is -0.118. The number of Topliss-reactive ketones (excluding diaryl/α,β-unsaturated/α-hetero) is 1. The van der Waals surface area contributed by atoms with Crippen molar-refractivity contribution in [2.24, 2.45) is 15.6 Å². The van der Waals surface area contributed by atoms with E-state index in [0.717, 1.165) is 4.47 Å². The lowest BCUT2D eigenvalue weighted by Gasteiger charge is -2.27. The Balaban J connectivity index is 2.25. The van der Waals surface area contributed by atoms with E-state index in [1.165, 1.54) is 0 Å². The molecule has 0 atom stereocenters. The van der Waals surface area contributed by atoms with Crippen LogP contribution in [0.2, 0.25) is 0 Å². The third-order valence-electron chi connectivity index (χ3n) is 2.90. The first-order valence-electron chi connectivity index (χ1n) is 6.00. The zero-order valence-corrected chi connectivity index (χ0v) is 12.4. The molecule has 0 aliphatic heterocycles. The van der Waals surface area contributed by atoms with Gasteiger partial charge in [0.25, 0.3) is 0 Å². The highest BCUT2D eigenvalue weighted by Gasteiger charge is 2.33. The minimum absolute atomic E-state index is 0.0278. The molecule has 1 aromatic rings. The van der Waals surface area contributed by atoms with Crippen molar-refractivity contribution >= 4 is 27.4 Å². The Bertz CT molecular complexity index is 577. The molecule has 0 fully saturated rings. The van der Waals surface area contributed by atoms with Gasteiger partial charge in [-0.3, -0.25) is 4.79 Å². The van der Waals surface area contributed by atoms with Gasteiger partial charge < -0.3 is 5.11 Å². The Morgan fingerprint density at radius 2 is 2.00 bits per heavy atom. The molecule has 0 bridgehead atoms. The third kappa shape index (κ3) is 3.50. The van der Waals surface area contributed by atoms with Crippen LogP contribution in [0.4, 0.5) is 5.69 Å². The van der Waals surface area contributed by atoms with Gasteiger partial charge in [-0.25, -0.2) is 0 Å². The average Bonchev–Trinajstić information content (AvgIpc) is 2.26. The van der Waals surface area contributed by atoms with E-state index in [1.807, 2.05) is 26.0 Å². The second-order valence-corrected chi connectivity index (χ2v) is 6.33. The summed E-state index contributed by atoms with van der Waals surface area (Å²) in [6.45, 7) is 3.90. The first kappa shape index (κ1) is 13.9. The maximum atomic E-state index is 11.9. The zero-order valence-electron chi connectivity index (χ0n) is 10.9. The molecule has 1 aliphatic rings. The van der Waals surface area contributed by atoms with Crippen molar-refractivity contribution in [2.75, 3.05) is 0 Å². The summed E-state index contributed by atoms with van der Waals surface area (Å²) in [6, 6.07) is 7.28. The number of aliphatic hydroxyl groups excluding tert-OH is 1. The number of ketones is 1. The smallest absolute Gasteiger partial charge is 0.187 e. The molecule has 2 rings (SSSR count). The van der Waals surface area contributed by atoms with Gasteiger partial charge in [0.05, 0.1) is 5.69 Å². The number of benzene rings is 1. The summed E-state index contributed by atoms with van der Waals surface area (Å²) >= 11 is 3.34. The summed E-state index contributed by atoms with van der Waals surface area (Å²) in [7, 11) is 0. The Morgan fingerprint density at radius 1 is 1.26 bits per heavy atom. The Labute approximate surface area is 120 Å². The van der Waals surface area contributed by atoms with Crippen LogP contribution in [0.3, 0.4) is 0 Å². The molecular weight excluding hydrogens is 308 g/mol.